The first-order valence-electron chi connectivity index (χ1n) is 5.75. The highest BCUT2D eigenvalue weighted by molar-refractivity contribution is 7.89. The van der Waals surface area contributed by atoms with Crippen LogP contribution in [0.3, 0.4) is 0 Å². The van der Waals surface area contributed by atoms with E-state index >= 15 is 0 Å². The average molecular weight is 293 g/mol. The molecule has 1 aromatic rings. The standard InChI is InChI=1S/C10H17ClN4O2S/c1-14-4-3-8(6-14)5-13-18(16,17)10-9(11)15(2)7-12-10/h7-8,13H,3-6H2,1-2H3. The van der Waals surface area contributed by atoms with Crippen LogP contribution in [0.5, 0.6) is 0 Å². The lowest BCUT2D eigenvalue weighted by Gasteiger charge is -2.11. The van der Waals surface area contributed by atoms with E-state index in [0.29, 0.717) is 12.5 Å². The van der Waals surface area contributed by atoms with E-state index < -0.39 is 10.0 Å². The summed E-state index contributed by atoms with van der Waals surface area (Å²) in [6.45, 7) is 2.36. The first kappa shape index (κ1) is 13.8. The molecule has 8 heteroatoms. The summed E-state index contributed by atoms with van der Waals surface area (Å²) in [4.78, 5) is 6.00. The summed E-state index contributed by atoms with van der Waals surface area (Å²) in [5.74, 6) is 0.354. The number of imidazole rings is 1. The van der Waals surface area contributed by atoms with Crippen molar-refractivity contribution in [3.05, 3.63) is 11.5 Å². The quantitative estimate of drug-likeness (QED) is 0.867. The van der Waals surface area contributed by atoms with E-state index in [2.05, 4.69) is 14.6 Å². The van der Waals surface area contributed by atoms with E-state index in [4.69, 9.17) is 11.6 Å². The first-order chi connectivity index (χ1) is 8.40. The van der Waals surface area contributed by atoms with Gasteiger partial charge in [0.25, 0.3) is 10.0 Å². The van der Waals surface area contributed by atoms with Crippen LogP contribution in [0, 0.1) is 5.92 Å². The molecule has 1 atom stereocenters. The van der Waals surface area contributed by atoms with E-state index in [1.807, 2.05) is 7.05 Å². The fourth-order valence-electron chi connectivity index (χ4n) is 2.06. The Labute approximate surface area is 112 Å². The zero-order valence-electron chi connectivity index (χ0n) is 10.4. The summed E-state index contributed by atoms with van der Waals surface area (Å²) in [6, 6.07) is 0. The fourth-order valence-corrected chi connectivity index (χ4v) is 3.60. The lowest BCUT2D eigenvalue weighted by atomic mass is 10.1. The van der Waals surface area contributed by atoms with E-state index in [-0.39, 0.29) is 10.2 Å². The van der Waals surface area contributed by atoms with Gasteiger partial charge in [0, 0.05) is 20.1 Å². The highest BCUT2D eigenvalue weighted by Gasteiger charge is 2.25. The maximum absolute atomic E-state index is 12.0. The van der Waals surface area contributed by atoms with Crippen LogP contribution in [-0.4, -0.2) is 49.6 Å². The SMILES string of the molecule is CN1CCC(CNS(=O)(=O)c2ncn(C)c2Cl)C1. The minimum atomic E-state index is -3.61. The molecule has 6 nitrogen and oxygen atoms in total. The molecule has 1 saturated heterocycles. The number of hydrogen-bond acceptors (Lipinski definition) is 4. The molecule has 1 unspecified atom stereocenters. The molecule has 2 heterocycles. The number of nitrogens with one attached hydrogen (secondary N) is 1. The van der Waals surface area contributed by atoms with Crippen LogP contribution in [0.25, 0.3) is 0 Å². The number of nitrogens with zero attached hydrogens (tertiary/aromatic N) is 3. The van der Waals surface area contributed by atoms with Crippen molar-refractivity contribution in [2.45, 2.75) is 11.4 Å². The molecule has 0 bridgehead atoms. The van der Waals surface area contributed by atoms with E-state index in [1.54, 1.807) is 7.05 Å². The van der Waals surface area contributed by atoms with Crippen LogP contribution in [0.2, 0.25) is 5.15 Å². The van der Waals surface area contributed by atoms with Crippen molar-refractivity contribution in [2.24, 2.45) is 13.0 Å². The number of aromatic nitrogens is 2. The van der Waals surface area contributed by atoms with Gasteiger partial charge < -0.3 is 9.47 Å². The third kappa shape index (κ3) is 2.85. The Balaban J connectivity index is 2.02. The molecule has 102 valence electrons. The largest absolute Gasteiger partial charge is 0.324 e. The Bertz CT molecular complexity index is 528. The van der Waals surface area contributed by atoms with Gasteiger partial charge in [-0.3, -0.25) is 0 Å². The topological polar surface area (TPSA) is 67.2 Å². The van der Waals surface area contributed by atoms with Gasteiger partial charge >= 0.3 is 0 Å². The zero-order chi connectivity index (χ0) is 13.3. The van der Waals surface area contributed by atoms with Crippen molar-refractivity contribution in [3.63, 3.8) is 0 Å². The minimum Gasteiger partial charge on any atom is -0.324 e. The lowest BCUT2D eigenvalue weighted by molar-refractivity contribution is 0.394. The van der Waals surface area contributed by atoms with Gasteiger partial charge in [-0.05, 0) is 25.9 Å². The minimum absolute atomic E-state index is 0.0991. The number of halogens is 1. The zero-order valence-corrected chi connectivity index (χ0v) is 12.0. The first-order valence-corrected chi connectivity index (χ1v) is 7.61. The van der Waals surface area contributed by atoms with Crippen LogP contribution >= 0.6 is 11.6 Å². The molecule has 0 saturated carbocycles. The monoisotopic (exact) mass is 292 g/mol. The van der Waals surface area contributed by atoms with E-state index in [9.17, 15) is 8.42 Å². The molecule has 1 fully saturated rings. The highest BCUT2D eigenvalue weighted by atomic mass is 35.5. The summed E-state index contributed by atoms with van der Waals surface area (Å²) in [6.07, 6.45) is 2.40. The average Bonchev–Trinajstić information content (AvgIpc) is 2.85. The number of rotatable bonds is 4. The number of sulfonamides is 1. The highest BCUT2D eigenvalue weighted by Crippen LogP contribution is 2.19. The number of hydrogen-bond donors (Lipinski definition) is 1. The van der Waals surface area contributed by atoms with Gasteiger partial charge in [0.05, 0.1) is 6.33 Å². The summed E-state index contributed by atoms with van der Waals surface area (Å²) in [5, 5.41) is 0.0315. The molecule has 0 aliphatic carbocycles. The van der Waals surface area contributed by atoms with Gasteiger partial charge in [0.1, 0.15) is 5.15 Å². The van der Waals surface area contributed by atoms with Gasteiger partial charge in [-0.2, -0.15) is 0 Å². The summed E-state index contributed by atoms with van der Waals surface area (Å²) in [7, 11) is 0.0774. The third-order valence-electron chi connectivity index (χ3n) is 3.14. The predicted molar refractivity (Wildman–Crippen MR) is 69.0 cm³/mol. The molecule has 1 aliphatic rings. The van der Waals surface area contributed by atoms with Gasteiger partial charge in [0.2, 0.25) is 5.03 Å². The fraction of sp³-hybridized carbons (Fsp3) is 0.700. The molecule has 0 spiro atoms. The van der Waals surface area contributed by atoms with Crippen molar-refractivity contribution in [2.75, 3.05) is 26.7 Å². The Hall–Kier alpha value is -0.630. The summed E-state index contributed by atoms with van der Waals surface area (Å²) < 4.78 is 28.1. The molecule has 2 rings (SSSR count). The van der Waals surface area contributed by atoms with Gasteiger partial charge in [-0.1, -0.05) is 11.6 Å². The molecular weight excluding hydrogens is 276 g/mol. The smallest absolute Gasteiger partial charge is 0.261 e. The lowest BCUT2D eigenvalue weighted by Crippen LogP contribution is -2.31. The molecule has 1 N–H and O–H groups in total. The van der Waals surface area contributed by atoms with Crippen molar-refractivity contribution < 1.29 is 8.42 Å². The maximum atomic E-state index is 12.0. The van der Waals surface area contributed by atoms with Crippen LogP contribution in [0.1, 0.15) is 6.42 Å². The van der Waals surface area contributed by atoms with E-state index in [0.717, 1.165) is 19.5 Å². The van der Waals surface area contributed by atoms with Crippen LogP contribution < -0.4 is 4.72 Å². The van der Waals surface area contributed by atoms with Crippen LogP contribution in [0.15, 0.2) is 11.4 Å². The van der Waals surface area contributed by atoms with Crippen LogP contribution in [0.4, 0.5) is 0 Å². The van der Waals surface area contributed by atoms with Crippen molar-refractivity contribution >= 4 is 21.6 Å². The Morgan fingerprint density at radius 3 is 2.78 bits per heavy atom. The van der Waals surface area contributed by atoms with Gasteiger partial charge in [-0.15, -0.1) is 0 Å². The van der Waals surface area contributed by atoms with Crippen LogP contribution in [-0.2, 0) is 17.1 Å². The summed E-state index contributed by atoms with van der Waals surface area (Å²) in [5.41, 5.74) is 0. The second-order valence-corrected chi connectivity index (χ2v) is 6.76. The molecular formula is C10H17ClN4O2S. The Morgan fingerprint density at radius 2 is 2.28 bits per heavy atom. The van der Waals surface area contributed by atoms with Gasteiger partial charge in [-0.25, -0.2) is 18.1 Å². The van der Waals surface area contributed by atoms with Crippen molar-refractivity contribution in [1.82, 2.24) is 19.2 Å². The second kappa shape index (κ2) is 5.16. The summed E-state index contributed by atoms with van der Waals surface area (Å²) >= 11 is 5.88. The second-order valence-electron chi connectivity index (χ2n) is 4.72. The van der Waals surface area contributed by atoms with Crippen molar-refractivity contribution in [1.29, 1.82) is 0 Å². The molecule has 0 amide bonds. The molecule has 0 radical (unpaired) electrons. The number of aryl methyl sites for hydroxylation is 1. The van der Waals surface area contributed by atoms with Gasteiger partial charge in [0.15, 0.2) is 0 Å². The predicted octanol–water partition coefficient (Wildman–Crippen LogP) is 0.304. The Kier molecular flexibility index (Phi) is 3.96. The Morgan fingerprint density at radius 1 is 1.56 bits per heavy atom. The molecule has 18 heavy (non-hydrogen) atoms. The maximum Gasteiger partial charge on any atom is 0.261 e. The molecule has 1 aliphatic heterocycles. The van der Waals surface area contributed by atoms with Crippen molar-refractivity contribution in [3.8, 4) is 0 Å². The molecule has 1 aromatic heterocycles. The molecule has 0 aromatic carbocycles. The van der Waals surface area contributed by atoms with E-state index in [1.165, 1.54) is 10.9 Å². The third-order valence-corrected chi connectivity index (χ3v) is 5.05. The number of likely N-dealkylation sites (tertiary alicyclic amines) is 1. The normalized spacial score (nSPS) is 21.6.